The maximum atomic E-state index is 12.9. The van der Waals surface area contributed by atoms with Crippen LogP contribution in [-0.2, 0) is 9.59 Å². The van der Waals surface area contributed by atoms with E-state index in [1.807, 2.05) is 61.9 Å². The van der Waals surface area contributed by atoms with Gasteiger partial charge in [0.15, 0.2) is 0 Å². The zero-order valence-electron chi connectivity index (χ0n) is 19.2. The SMILES string of the molecule is CCOc1ccc(NC(=O)CN2C(=O)S/C(=C/c3cccn3-c3cccc(C)c3C)C2=O)cc1. The van der Waals surface area contributed by atoms with E-state index in [2.05, 4.69) is 5.32 Å². The van der Waals surface area contributed by atoms with Crippen molar-refractivity contribution in [1.29, 1.82) is 0 Å². The van der Waals surface area contributed by atoms with Gasteiger partial charge >= 0.3 is 0 Å². The highest BCUT2D eigenvalue weighted by Gasteiger charge is 2.36. The van der Waals surface area contributed by atoms with Gasteiger partial charge in [-0.25, -0.2) is 0 Å². The van der Waals surface area contributed by atoms with Gasteiger partial charge in [-0.15, -0.1) is 0 Å². The molecule has 1 saturated heterocycles. The summed E-state index contributed by atoms with van der Waals surface area (Å²) in [6.45, 7) is 6.18. The molecule has 1 N–H and O–H groups in total. The molecule has 0 atom stereocenters. The first-order chi connectivity index (χ1) is 16.4. The molecule has 174 valence electrons. The summed E-state index contributed by atoms with van der Waals surface area (Å²) in [7, 11) is 0. The van der Waals surface area contributed by atoms with Crippen LogP contribution in [0.25, 0.3) is 11.8 Å². The number of ether oxygens (including phenoxy) is 1. The monoisotopic (exact) mass is 475 g/mol. The number of imide groups is 1. The van der Waals surface area contributed by atoms with E-state index in [4.69, 9.17) is 4.74 Å². The van der Waals surface area contributed by atoms with Gasteiger partial charge in [0.05, 0.1) is 11.5 Å². The molecule has 34 heavy (non-hydrogen) atoms. The van der Waals surface area contributed by atoms with Crippen molar-refractivity contribution in [2.75, 3.05) is 18.5 Å². The van der Waals surface area contributed by atoms with Crippen molar-refractivity contribution < 1.29 is 19.1 Å². The minimum Gasteiger partial charge on any atom is -0.494 e. The van der Waals surface area contributed by atoms with Crippen LogP contribution in [0, 0.1) is 13.8 Å². The van der Waals surface area contributed by atoms with Crippen molar-refractivity contribution >= 4 is 40.6 Å². The first-order valence-electron chi connectivity index (χ1n) is 10.9. The summed E-state index contributed by atoms with van der Waals surface area (Å²) < 4.78 is 7.37. The summed E-state index contributed by atoms with van der Waals surface area (Å²) in [6, 6.07) is 16.7. The number of thioether (sulfide) groups is 1. The predicted molar refractivity (Wildman–Crippen MR) is 134 cm³/mol. The Morgan fingerprint density at radius 3 is 2.56 bits per heavy atom. The number of benzene rings is 2. The first kappa shape index (κ1) is 23.4. The molecule has 0 unspecified atom stereocenters. The van der Waals surface area contributed by atoms with E-state index in [1.54, 1.807) is 30.3 Å². The van der Waals surface area contributed by atoms with E-state index in [0.717, 1.165) is 39.2 Å². The Morgan fingerprint density at radius 2 is 1.82 bits per heavy atom. The van der Waals surface area contributed by atoms with Gasteiger partial charge in [0.1, 0.15) is 12.3 Å². The Morgan fingerprint density at radius 1 is 1.06 bits per heavy atom. The third kappa shape index (κ3) is 4.92. The zero-order valence-corrected chi connectivity index (χ0v) is 20.0. The highest BCUT2D eigenvalue weighted by Crippen LogP contribution is 2.33. The van der Waals surface area contributed by atoms with Gasteiger partial charge in [0.2, 0.25) is 5.91 Å². The molecule has 7 nitrogen and oxygen atoms in total. The minimum atomic E-state index is -0.481. The molecule has 4 rings (SSSR count). The molecule has 1 aliphatic rings. The fourth-order valence-electron chi connectivity index (χ4n) is 3.64. The van der Waals surface area contributed by atoms with Gasteiger partial charge in [-0.1, -0.05) is 12.1 Å². The Balaban J connectivity index is 1.48. The molecule has 1 aromatic heterocycles. The highest BCUT2D eigenvalue weighted by atomic mass is 32.2. The van der Waals surface area contributed by atoms with E-state index in [9.17, 15) is 14.4 Å². The number of carbonyl (C=O) groups is 3. The van der Waals surface area contributed by atoms with Crippen LogP contribution in [0.4, 0.5) is 10.5 Å². The molecule has 3 aromatic rings. The Labute approximate surface area is 202 Å². The van der Waals surface area contributed by atoms with Crippen molar-refractivity contribution in [3.05, 3.63) is 82.5 Å². The van der Waals surface area contributed by atoms with Crippen LogP contribution < -0.4 is 10.1 Å². The Bertz CT molecular complexity index is 1280. The molecular formula is C26H25N3O4S. The molecule has 1 fully saturated rings. The second-order valence-electron chi connectivity index (χ2n) is 7.80. The lowest BCUT2D eigenvalue weighted by atomic mass is 10.1. The van der Waals surface area contributed by atoms with E-state index in [-0.39, 0.29) is 11.4 Å². The van der Waals surface area contributed by atoms with Gasteiger partial charge in [-0.05, 0) is 92.2 Å². The number of aryl methyl sites for hydroxylation is 1. The van der Waals surface area contributed by atoms with Gasteiger partial charge in [0.25, 0.3) is 11.1 Å². The fraction of sp³-hybridized carbons (Fsp3) is 0.192. The fourth-order valence-corrected chi connectivity index (χ4v) is 4.47. The van der Waals surface area contributed by atoms with Crippen molar-refractivity contribution in [2.24, 2.45) is 0 Å². The van der Waals surface area contributed by atoms with E-state index >= 15 is 0 Å². The average molecular weight is 476 g/mol. The van der Waals surface area contributed by atoms with Crippen LogP contribution in [0.3, 0.4) is 0 Å². The number of hydrogen-bond donors (Lipinski definition) is 1. The zero-order chi connectivity index (χ0) is 24.2. The highest BCUT2D eigenvalue weighted by molar-refractivity contribution is 8.18. The quantitative estimate of drug-likeness (QED) is 0.477. The van der Waals surface area contributed by atoms with Crippen molar-refractivity contribution in [3.63, 3.8) is 0 Å². The molecule has 2 heterocycles. The van der Waals surface area contributed by atoms with Crippen LogP contribution in [0.15, 0.2) is 65.7 Å². The first-order valence-corrected chi connectivity index (χ1v) is 11.7. The lowest BCUT2D eigenvalue weighted by molar-refractivity contribution is -0.127. The Kier molecular flexibility index (Phi) is 6.88. The van der Waals surface area contributed by atoms with Crippen molar-refractivity contribution in [2.45, 2.75) is 20.8 Å². The van der Waals surface area contributed by atoms with E-state index in [0.29, 0.717) is 18.0 Å². The van der Waals surface area contributed by atoms with Gasteiger partial charge in [0, 0.05) is 23.3 Å². The minimum absolute atomic E-state index is 0.282. The van der Waals surface area contributed by atoms with E-state index in [1.165, 1.54) is 0 Å². The second kappa shape index (κ2) is 10.0. The number of hydrogen-bond acceptors (Lipinski definition) is 5. The van der Waals surface area contributed by atoms with Crippen molar-refractivity contribution in [3.8, 4) is 11.4 Å². The summed E-state index contributed by atoms with van der Waals surface area (Å²) in [5.74, 6) is -0.237. The average Bonchev–Trinajstić information content (AvgIpc) is 3.37. The summed E-state index contributed by atoms with van der Waals surface area (Å²) in [4.78, 5) is 39.2. The Hall–Kier alpha value is -3.78. The molecule has 0 aliphatic carbocycles. The van der Waals surface area contributed by atoms with Crippen LogP contribution >= 0.6 is 11.8 Å². The third-order valence-electron chi connectivity index (χ3n) is 5.52. The maximum absolute atomic E-state index is 12.9. The lowest BCUT2D eigenvalue weighted by Gasteiger charge is -2.13. The lowest BCUT2D eigenvalue weighted by Crippen LogP contribution is -2.36. The topological polar surface area (TPSA) is 80.6 Å². The molecule has 1 aliphatic heterocycles. The summed E-state index contributed by atoms with van der Waals surface area (Å²) in [5.41, 5.74) is 4.63. The standard InChI is InChI=1S/C26H25N3O4S/c1-4-33-21-12-10-19(11-13-21)27-24(30)16-29-25(31)23(34-26(29)32)15-20-8-6-14-28(20)22-9-5-7-17(2)18(22)3/h5-15H,4,16H2,1-3H3,(H,27,30)/b23-15+. The smallest absolute Gasteiger partial charge is 0.294 e. The molecule has 8 heteroatoms. The molecule has 3 amide bonds. The second-order valence-corrected chi connectivity index (χ2v) is 8.79. The number of aromatic nitrogens is 1. The van der Waals surface area contributed by atoms with Crippen LogP contribution in [0.5, 0.6) is 5.75 Å². The molecule has 0 radical (unpaired) electrons. The molecular weight excluding hydrogens is 450 g/mol. The maximum Gasteiger partial charge on any atom is 0.294 e. The third-order valence-corrected chi connectivity index (χ3v) is 6.43. The molecule has 2 aromatic carbocycles. The van der Waals surface area contributed by atoms with Crippen LogP contribution in [-0.4, -0.2) is 39.7 Å². The molecule has 0 bridgehead atoms. The normalized spacial score (nSPS) is 14.7. The summed E-state index contributed by atoms with van der Waals surface area (Å²) in [6.07, 6.45) is 3.61. The van der Waals surface area contributed by atoms with Gasteiger partial charge < -0.3 is 14.6 Å². The summed E-state index contributed by atoms with van der Waals surface area (Å²) in [5, 5.41) is 2.24. The summed E-state index contributed by atoms with van der Waals surface area (Å²) >= 11 is 0.836. The predicted octanol–water partition coefficient (Wildman–Crippen LogP) is 5.17. The largest absolute Gasteiger partial charge is 0.494 e. The molecule has 0 saturated carbocycles. The van der Waals surface area contributed by atoms with Crippen LogP contribution in [0.2, 0.25) is 0 Å². The number of rotatable bonds is 7. The number of anilines is 1. The van der Waals surface area contributed by atoms with E-state index < -0.39 is 17.1 Å². The van der Waals surface area contributed by atoms with Gasteiger partial charge in [-0.3, -0.25) is 19.3 Å². The number of carbonyl (C=O) groups excluding carboxylic acids is 3. The number of nitrogens with zero attached hydrogens (tertiary/aromatic N) is 2. The molecule has 0 spiro atoms. The van der Waals surface area contributed by atoms with Gasteiger partial charge in [-0.2, -0.15) is 0 Å². The number of amides is 3. The number of nitrogens with one attached hydrogen (secondary N) is 1. The van der Waals surface area contributed by atoms with Crippen molar-refractivity contribution in [1.82, 2.24) is 9.47 Å². The van der Waals surface area contributed by atoms with Crippen LogP contribution in [0.1, 0.15) is 23.7 Å².